The van der Waals surface area contributed by atoms with E-state index < -0.39 is 34.7 Å². The number of halogens is 2. The number of carbonyl (C=O) groups is 2. The number of rotatable bonds is 5. The van der Waals surface area contributed by atoms with Gasteiger partial charge in [0.15, 0.2) is 0 Å². The van der Waals surface area contributed by atoms with Gasteiger partial charge in [-0.3, -0.25) is 0 Å². The van der Waals surface area contributed by atoms with Gasteiger partial charge in [0.25, 0.3) is 0 Å². The van der Waals surface area contributed by atoms with E-state index in [-0.39, 0.29) is 5.56 Å². The van der Waals surface area contributed by atoms with Gasteiger partial charge in [-0.2, -0.15) is 0 Å². The largest absolute Gasteiger partial charge is 0.545 e. The summed E-state index contributed by atoms with van der Waals surface area (Å²) < 4.78 is 33.3. The summed E-state index contributed by atoms with van der Waals surface area (Å²) in [7, 11) is 0. The molecule has 0 saturated heterocycles. The number of aliphatic carboxylic acids is 1. The van der Waals surface area contributed by atoms with E-state index in [2.05, 4.69) is 0 Å². The lowest BCUT2D eigenvalue weighted by Crippen LogP contribution is -2.31. The van der Waals surface area contributed by atoms with Crippen molar-refractivity contribution in [2.45, 2.75) is 44.6 Å². The number of ether oxygens (including phenoxy) is 1. The zero-order valence-electron chi connectivity index (χ0n) is 12.7. The van der Waals surface area contributed by atoms with Gasteiger partial charge in [-0.25, -0.2) is 13.6 Å². The molecule has 0 unspecified atom stereocenters. The summed E-state index contributed by atoms with van der Waals surface area (Å²) in [5, 5.41) is 10.3. The molecule has 0 spiro atoms. The smallest absolute Gasteiger partial charge is 0.338 e. The summed E-state index contributed by atoms with van der Waals surface area (Å²) >= 11 is 0. The Hall–Kier alpha value is -2.24. The maximum absolute atomic E-state index is 13.9. The minimum Gasteiger partial charge on any atom is -0.545 e. The first-order chi connectivity index (χ1) is 10.9. The summed E-state index contributed by atoms with van der Waals surface area (Å²) in [5.41, 5.74) is -1.33. The van der Waals surface area contributed by atoms with Crippen molar-refractivity contribution in [1.82, 2.24) is 0 Å². The minimum absolute atomic E-state index is 0.231. The van der Waals surface area contributed by atoms with Crippen LogP contribution in [-0.2, 0) is 9.53 Å². The molecule has 1 fully saturated rings. The van der Waals surface area contributed by atoms with Gasteiger partial charge in [0.2, 0.25) is 0 Å². The van der Waals surface area contributed by atoms with E-state index in [4.69, 9.17) is 4.74 Å². The fourth-order valence-corrected chi connectivity index (χ4v) is 2.82. The molecule has 0 N–H and O–H groups in total. The third-order valence-electron chi connectivity index (χ3n) is 4.17. The number of hydrogen-bond donors (Lipinski definition) is 0. The highest BCUT2D eigenvalue weighted by Gasteiger charge is 2.36. The SMILES string of the molecule is CCC1(OC(=O)c2cc(F)c(/C=C/C(=O)[O-])c(F)c2)CCCC1. The van der Waals surface area contributed by atoms with Gasteiger partial charge in [0, 0.05) is 5.56 Å². The Morgan fingerprint density at radius 3 is 2.30 bits per heavy atom. The van der Waals surface area contributed by atoms with E-state index in [1.807, 2.05) is 6.92 Å². The van der Waals surface area contributed by atoms with Crippen LogP contribution in [0.15, 0.2) is 18.2 Å². The number of hydrogen-bond acceptors (Lipinski definition) is 4. The molecule has 1 aliphatic carbocycles. The molecular weight excluding hydrogens is 306 g/mol. The highest BCUT2D eigenvalue weighted by atomic mass is 19.1. The summed E-state index contributed by atoms with van der Waals surface area (Å²) in [6.45, 7) is 1.91. The molecule has 2 rings (SSSR count). The summed E-state index contributed by atoms with van der Waals surface area (Å²) in [6.07, 6.45) is 5.31. The van der Waals surface area contributed by atoms with Crippen LogP contribution in [0.5, 0.6) is 0 Å². The lowest BCUT2D eigenvalue weighted by atomic mass is 9.98. The monoisotopic (exact) mass is 323 g/mol. The number of carbonyl (C=O) groups excluding carboxylic acids is 2. The van der Waals surface area contributed by atoms with Gasteiger partial charge in [0.1, 0.15) is 17.2 Å². The summed E-state index contributed by atoms with van der Waals surface area (Å²) in [5.74, 6) is -4.42. The molecule has 124 valence electrons. The molecule has 6 heteroatoms. The van der Waals surface area contributed by atoms with Crippen LogP contribution in [0.3, 0.4) is 0 Å². The predicted molar refractivity (Wildman–Crippen MR) is 77.3 cm³/mol. The van der Waals surface area contributed by atoms with Crippen molar-refractivity contribution in [3.63, 3.8) is 0 Å². The standard InChI is InChI=1S/C17H18F2O4/c1-2-17(7-3-4-8-17)23-16(22)11-9-13(18)12(14(19)10-11)5-6-15(20)21/h5-6,9-10H,2-4,7-8H2,1H3,(H,20,21)/p-1/b6-5+. The normalized spacial score (nSPS) is 16.7. The van der Waals surface area contributed by atoms with Gasteiger partial charge in [-0.05, 0) is 56.4 Å². The molecule has 1 aromatic carbocycles. The van der Waals surface area contributed by atoms with Crippen molar-refractivity contribution in [2.24, 2.45) is 0 Å². The first-order valence-electron chi connectivity index (χ1n) is 7.48. The Bertz CT molecular complexity index is 623. The van der Waals surface area contributed by atoms with E-state index in [0.29, 0.717) is 12.5 Å². The predicted octanol–water partition coefficient (Wildman–Crippen LogP) is 2.61. The van der Waals surface area contributed by atoms with E-state index >= 15 is 0 Å². The van der Waals surface area contributed by atoms with E-state index in [1.54, 1.807) is 0 Å². The first-order valence-corrected chi connectivity index (χ1v) is 7.48. The Labute approximate surface area is 132 Å². The van der Waals surface area contributed by atoms with Crippen molar-refractivity contribution in [3.8, 4) is 0 Å². The van der Waals surface area contributed by atoms with E-state index in [1.165, 1.54) is 0 Å². The molecule has 1 aliphatic rings. The van der Waals surface area contributed by atoms with Crippen LogP contribution in [0.25, 0.3) is 6.08 Å². The maximum atomic E-state index is 13.9. The number of esters is 1. The topological polar surface area (TPSA) is 66.4 Å². The lowest BCUT2D eigenvalue weighted by Gasteiger charge is -2.27. The average molecular weight is 323 g/mol. The van der Waals surface area contributed by atoms with Gasteiger partial charge in [-0.15, -0.1) is 0 Å². The molecule has 1 aromatic rings. The van der Waals surface area contributed by atoms with Crippen LogP contribution in [-0.4, -0.2) is 17.5 Å². The zero-order chi connectivity index (χ0) is 17.0. The van der Waals surface area contributed by atoms with Crippen molar-refractivity contribution < 1.29 is 28.2 Å². The van der Waals surface area contributed by atoms with Crippen LogP contribution >= 0.6 is 0 Å². The Balaban J connectivity index is 2.23. The van der Waals surface area contributed by atoms with Crippen LogP contribution < -0.4 is 5.11 Å². The molecular formula is C17H17F2O4-. The van der Waals surface area contributed by atoms with Crippen molar-refractivity contribution >= 4 is 18.0 Å². The van der Waals surface area contributed by atoms with Gasteiger partial charge < -0.3 is 14.6 Å². The lowest BCUT2D eigenvalue weighted by molar-refractivity contribution is -0.297. The molecule has 0 heterocycles. The number of carboxylic acids is 1. The highest BCUT2D eigenvalue weighted by molar-refractivity contribution is 5.90. The Morgan fingerprint density at radius 2 is 1.83 bits per heavy atom. The van der Waals surface area contributed by atoms with E-state index in [9.17, 15) is 23.5 Å². The average Bonchev–Trinajstić information content (AvgIpc) is 2.95. The third kappa shape index (κ3) is 3.94. The van der Waals surface area contributed by atoms with Crippen molar-refractivity contribution in [1.29, 1.82) is 0 Å². The van der Waals surface area contributed by atoms with Gasteiger partial charge in [-0.1, -0.05) is 6.92 Å². The van der Waals surface area contributed by atoms with Gasteiger partial charge in [0.05, 0.1) is 11.5 Å². The Morgan fingerprint density at radius 1 is 1.26 bits per heavy atom. The van der Waals surface area contributed by atoms with Crippen LogP contribution in [0, 0.1) is 11.6 Å². The quantitative estimate of drug-likeness (QED) is 0.617. The second-order valence-corrected chi connectivity index (χ2v) is 5.64. The molecule has 4 nitrogen and oxygen atoms in total. The first kappa shape index (κ1) is 17.1. The number of benzene rings is 1. The fraction of sp³-hybridized carbons (Fsp3) is 0.412. The number of carboxylic acid groups (broad SMARTS) is 1. The zero-order valence-corrected chi connectivity index (χ0v) is 12.7. The molecule has 0 atom stereocenters. The minimum atomic E-state index is -1.57. The highest BCUT2D eigenvalue weighted by Crippen LogP contribution is 2.36. The summed E-state index contributed by atoms with van der Waals surface area (Å²) in [4.78, 5) is 22.5. The van der Waals surface area contributed by atoms with Gasteiger partial charge >= 0.3 is 5.97 Å². The molecule has 0 radical (unpaired) electrons. The van der Waals surface area contributed by atoms with Crippen LogP contribution in [0.4, 0.5) is 8.78 Å². The second kappa shape index (κ2) is 6.89. The van der Waals surface area contributed by atoms with Crippen LogP contribution in [0.1, 0.15) is 54.9 Å². The molecule has 23 heavy (non-hydrogen) atoms. The molecule has 0 amide bonds. The molecule has 0 aliphatic heterocycles. The van der Waals surface area contributed by atoms with Crippen LogP contribution in [0.2, 0.25) is 0 Å². The van der Waals surface area contributed by atoms with Crippen molar-refractivity contribution in [2.75, 3.05) is 0 Å². The van der Waals surface area contributed by atoms with Crippen molar-refractivity contribution in [3.05, 3.63) is 41.0 Å². The van der Waals surface area contributed by atoms with E-state index in [0.717, 1.165) is 43.9 Å². The molecule has 1 saturated carbocycles. The fourth-order valence-electron chi connectivity index (χ4n) is 2.82. The Kier molecular flexibility index (Phi) is 5.13. The third-order valence-corrected chi connectivity index (χ3v) is 4.17. The molecule has 0 aromatic heterocycles. The molecule has 0 bridgehead atoms. The summed E-state index contributed by atoms with van der Waals surface area (Å²) in [6, 6.07) is 1.69. The maximum Gasteiger partial charge on any atom is 0.338 e. The second-order valence-electron chi connectivity index (χ2n) is 5.64.